The number of halogens is 1. The van der Waals surface area contributed by atoms with Gasteiger partial charge in [0.25, 0.3) is 0 Å². The monoisotopic (exact) mass is 318 g/mol. The van der Waals surface area contributed by atoms with Crippen molar-refractivity contribution >= 4 is 21.6 Å². The lowest BCUT2D eigenvalue weighted by atomic mass is 10.2. The summed E-state index contributed by atoms with van der Waals surface area (Å²) in [7, 11) is 1.95. The molecule has 0 aliphatic carbocycles. The third-order valence-corrected chi connectivity index (χ3v) is 3.87. The maximum absolute atomic E-state index is 8.88. The van der Waals surface area contributed by atoms with Crippen LogP contribution in [0.1, 0.15) is 22.5 Å². The highest BCUT2D eigenvalue weighted by Crippen LogP contribution is 2.22. The van der Waals surface area contributed by atoms with Gasteiger partial charge in [-0.15, -0.1) is 0 Å². The van der Waals surface area contributed by atoms with Crippen LogP contribution in [0.5, 0.6) is 0 Å². The normalized spacial score (nSPS) is 10.3. The fourth-order valence-electron chi connectivity index (χ4n) is 1.98. The molecule has 2 aromatic rings. The standard InChI is InChI=1S/C14H15BrN4/c1-9-13(10(2)19(3)18-9)8-17-12-5-4-11(7-16)14(15)6-12/h4-6,17H,8H2,1-3H3. The Morgan fingerprint density at radius 1 is 1.42 bits per heavy atom. The van der Waals surface area contributed by atoms with E-state index < -0.39 is 0 Å². The van der Waals surface area contributed by atoms with Crippen molar-refractivity contribution in [3.8, 4) is 6.07 Å². The van der Waals surface area contributed by atoms with Gasteiger partial charge in [0.15, 0.2) is 0 Å². The number of hydrogen-bond donors (Lipinski definition) is 1. The highest BCUT2D eigenvalue weighted by atomic mass is 79.9. The number of nitriles is 1. The van der Waals surface area contributed by atoms with Crippen LogP contribution < -0.4 is 5.32 Å². The first-order valence-corrected chi connectivity index (χ1v) is 6.75. The van der Waals surface area contributed by atoms with Crippen LogP contribution in [0.25, 0.3) is 0 Å². The Hall–Kier alpha value is -1.80. The van der Waals surface area contributed by atoms with E-state index in [1.165, 1.54) is 5.56 Å². The van der Waals surface area contributed by atoms with Crippen molar-refractivity contribution in [2.75, 3.05) is 5.32 Å². The number of hydrogen-bond acceptors (Lipinski definition) is 3. The molecule has 5 heteroatoms. The van der Waals surface area contributed by atoms with Crippen molar-refractivity contribution in [2.24, 2.45) is 7.05 Å². The lowest BCUT2D eigenvalue weighted by molar-refractivity contribution is 0.730. The second-order valence-corrected chi connectivity index (χ2v) is 5.29. The molecule has 0 unspecified atom stereocenters. The second kappa shape index (κ2) is 5.45. The molecule has 2 rings (SSSR count). The van der Waals surface area contributed by atoms with Crippen LogP contribution in [-0.2, 0) is 13.6 Å². The van der Waals surface area contributed by atoms with Crippen LogP contribution in [0, 0.1) is 25.2 Å². The molecule has 1 aromatic heterocycles. The second-order valence-electron chi connectivity index (χ2n) is 4.43. The number of nitrogens with one attached hydrogen (secondary N) is 1. The molecular formula is C14H15BrN4. The predicted octanol–water partition coefficient (Wildman–Crippen LogP) is 3.28. The summed E-state index contributed by atoms with van der Waals surface area (Å²) in [6, 6.07) is 7.75. The average Bonchev–Trinajstić information content (AvgIpc) is 2.61. The average molecular weight is 319 g/mol. The van der Waals surface area contributed by atoms with Crippen molar-refractivity contribution in [3.05, 3.63) is 45.2 Å². The summed E-state index contributed by atoms with van der Waals surface area (Å²) in [6.45, 7) is 4.80. The predicted molar refractivity (Wildman–Crippen MR) is 78.9 cm³/mol. The first-order chi connectivity index (χ1) is 9.02. The van der Waals surface area contributed by atoms with Crippen LogP contribution in [0.15, 0.2) is 22.7 Å². The van der Waals surface area contributed by atoms with E-state index in [0.29, 0.717) is 5.56 Å². The number of nitrogens with zero attached hydrogens (tertiary/aromatic N) is 3. The van der Waals surface area contributed by atoms with Crippen LogP contribution in [0.2, 0.25) is 0 Å². The molecule has 0 spiro atoms. The van der Waals surface area contributed by atoms with E-state index in [2.05, 4.69) is 39.3 Å². The van der Waals surface area contributed by atoms with Gasteiger partial charge in [0.1, 0.15) is 6.07 Å². The minimum atomic E-state index is 0.638. The maximum Gasteiger partial charge on any atom is 0.100 e. The van der Waals surface area contributed by atoms with E-state index in [4.69, 9.17) is 5.26 Å². The van der Waals surface area contributed by atoms with Gasteiger partial charge >= 0.3 is 0 Å². The molecule has 0 saturated heterocycles. The molecule has 4 nitrogen and oxygen atoms in total. The van der Waals surface area contributed by atoms with E-state index in [1.807, 2.05) is 30.8 Å². The molecule has 0 bridgehead atoms. The molecule has 0 fully saturated rings. The highest BCUT2D eigenvalue weighted by molar-refractivity contribution is 9.10. The molecule has 1 aromatic carbocycles. The molecule has 1 heterocycles. The van der Waals surface area contributed by atoms with Gasteiger partial charge < -0.3 is 5.32 Å². The Morgan fingerprint density at radius 3 is 2.68 bits per heavy atom. The summed E-state index contributed by atoms with van der Waals surface area (Å²) in [4.78, 5) is 0. The Labute approximate surface area is 121 Å². The fourth-order valence-corrected chi connectivity index (χ4v) is 2.45. The molecule has 0 aliphatic heterocycles. The quantitative estimate of drug-likeness (QED) is 0.944. The summed E-state index contributed by atoms with van der Waals surface area (Å²) < 4.78 is 2.70. The van der Waals surface area contributed by atoms with Crippen molar-refractivity contribution in [3.63, 3.8) is 0 Å². The van der Waals surface area contributed by atoms with E-state index >= 15 is 0 Å². The van der Waals surface area contributed by atoms with Gasteiger partial charge in [0.05, 0.1) is 11.3 Å². The van der Waals surface area contributed by atoms with Crippen molar-refractivity contribution in [1.82, 2.24) is 9.78 Å². The SMILES string of the molecule is Cc1nn(C)c(C)c1CNc1ccc(C#N)c(Br)c1. The number of aryl methyl sites for hydroxylation is 2. The van der Waals surface area contributed by atoms with Crippen molar-refractivity contribution in [1.29, 1.82) is 5.26 Å². The van der Waals surface area contributed by atoms with E-state index in [-0.39, 0.29) is 0 Å². The van der Waals surface area contributed by atoms with Crippen LogP contribution >= 0.6 is 15.9 Å². The van der Waals surface area contributed by atoms with Gasteiger partial charge in [-0.1, -0.05) is 0 Å². The molecular weight excluding hydrogens is 304 g/mol. The number of benzene rings is 1. The third-order valence-electron chi connectivity index (χ3n) is 3.22. The van der Waals surface area contributed by atoms with Crippen LogP contribution in [-0.4, -0.2) is 9.78 Å². The Kier molecular flexibility index (Phi) is 3.91. The highest BCUT2D eigenvalue weighted by Gasteiger charge is 2.09. The molecule has 0 atom stereocenters. The summed E-state index contributed by atoms with van der Waals surface area (Å²) in [5.41, 5.74) is 5.04. The van der Waals surface area contributed by atoms with Crippen LogP contribution in [0.3, 0.4) is 0 Å². The van der Waals surface area contributed by atoms with Gasteiger partial charge in [-0.3, -0.25) is 4.68 Å². The summed E-state index contributed by atoms with van der Waals surface area (Å²) in [5.74, 6) is 0. The number of anilines is 1. The van der Waals surface area contributed by atoms with Gasteiger partial charge in [-0.2, -0.15) is 10.4 Å². The Morgan fingerprint density at radius 2 is 2.16 bits per heavy atom. The minimum Gasteiger partial charge on any atom is -0.381 e. The number of aromatic nitrogens is 2. The topological polar surface area (TPSA) is 53.6 Å². The minimum absolute atomic E-state index is 0.638. The summed E-state index contributed by atoms with van der Waals surface area (Å²) >= 11 is 3.39. The van der Waals surface area contributed by atoms with Gasteiger partial charge in [0.2, 0.25) is 0 Å². The van der Waals surface area contributed by atoms with Crippen molar-refractivity contribution in [2.45, 2.75) is 20.4 Å². The lowest BCUT2D eigenvalue weighted by Crippen LogP contribution is -2.02. The smallest absolute Gasteiger partial charge is 0.100 e. The van der Waals surface area contributed by atoms with E-state index in [1.54, 1.807) is 6.07 Å². The molecule has 0 saturated carbocycles. The molecule has 1 N–H and O–H groups in total. The molecule has 0 amide bonds. The molecule has 19 heavy (non-hydrogen) atoms. The molecule has 0 radical (unpaired) electrons. The third kappa shape index (κ3) is 2.79. The number of rotatable bonds is 3. The zero-order chi connectivity index (χ0) is 14.0. The van der Waals surface area contributed by atoms with Gasteiger partial charge in [-0.05, 0) is 48.0 Å². The summed E-state index contributed by atoms with van der Waals surface area (Å²) in [5, 5.41) is 16.6. The fraction of sp³-hybridized carbons (Fsp3) is 0.286. The Bertz CT molecular complexity index is 652. The van der Waals surface area contributed by atoms with Crippen LogP contribution in [0.4, 0.5) is 5.69 Å². The lowest BCUT2D eigenvalue weighted by Gasteiger charge is -2.08. The molecule has 0 aliphatic rings. The zero-order valence-electron chi connectivity index (χ0n) is 11.2. The zero-order valence-corrected chi connectivity index (χ0v) is 12.7. The first kappa shape index (κ1) is 13.6. The van der Waals surface area contributed by atoms with Gasteiger partial charge in [0, 0.05) is 35.0 Å². The van der Waals surface area contributed by atoms with Crippen molar-refractivity contribution < 1.29 is 0 Å². The Balaban J connectivity index is 2.15. The molecule has 98 valence electrons. The van der Waals surface area contributed by atoms with E-state index in [0.717, 1.165) is 28.1 Å². The maximum atomic E-state index is 8.88. The largest absolute Gasteiger partial charge is 0.381 e. The van der Waals surface area contributed by atoms with E-state index in [9.17, 15) is 0 Å². The first-order valence-electron chi connectivity index (χ1n) is 5.95. The van der Waals surface area contributed by atoms with Gasteiger partial charge in [-0.25, -0.2) is 0 Å². The summed E-state index contributed by atoms with van der Waals surface area (Å²) in [6.07, 6.45) is 0.